The summed E-state index contributed by atoms with van der Waals surface area (Å²) in [6.07, 6.45) is 0. The van der Waals surface area contributed by atoms with Crippen molar-refractivity contribution in [2.75, 3.05) is 0 Å². The highest BCUT2D eigenvalue weighted by Crippen LogP contribution is 2.45. The van der Waals surface area contributed by atoms with Crippen molar-refractivity contribution in [3.05, 3.63) is 32.2 Å². The lowest BCUT2D eigenvalue weighted by molar-refractivity contribution is 0.464. The molecule has 32 heavy (non-hydrogen) atoms. The first kappa shape index (κ1) is 27.3. The Hall–Kier alpha value is -0.960. The number of rotatable bonds is 5. The molecule has 0 heterocycles. The summed E-state index contributed by atoms with van der Waals surface area (Å²) in [5, 5.41) is 0. The van der Waals surface area contributed by atoms with Crippen LogP contribution >= 0.6 is 31.9 Å². The van der Waals surface area contributed by atoms with Crippen LogP contribution < -0.4 is 0 Å². The summed E-state index contributed by atoms with van der Waals surface area (Å²) < 4.78 is 134. The Morgan fingerprint density at radius 2 is 0.750 bits per heavy atom. The molecule has 178 valence electrons. The van der Waals surface area contributed by atoms with E-state index >= 15 is 0 Å². The zero-order valence-electron chi connectivity index (χ0n) is 15.6. The summed E-state index contributed by atoms with van der Waals surface area (Å²) in [7, 11) is -21.8. The smallest absolute Gasteiger partial charge is 0.282 e. The number of hydrogen-bond donors (Lipinski definition) is 4. The molecular formula is C14H12Br2O12S4. The Labute approximate surface area is 199 Å². The molecule has 4 N–H and O–H groups in total. The highest BCUT2D eigenvalue weighted by Gasteiger charge is 2.37. The fraction of sp³-hybridized carbons (Fsp3) is 0.143. The third kappa shape index (κ3) is 5.08. The molecule has 0 aliphatic carbocycles. The van der Waals surface area contributed by atoms with Gasteiger partial charge in [0.2, 0.25) is 0 Å². The maximum Gasteiger partial charge on any atom is 0.297 e. The van der Waals surface area contributed by atoms with E-state index in [0.717, 1.165) is 12.1 Å². The molecule has 0 fully saturated rings. The van der Waals surface area contributed by atoms with E-state index in [9.17, 15) is 51.9 Å². The molecule has 2 rings (SSSR count). The molecular weight excluding hydrogens is 648 g/mol. The predicted molar refractivity (Wildman–Crippen MR) is 116 cm³/mol. The van der Waals surface area contributed by atoms with E-state index < -0.39 is 80.1 Å². The molecule has 0 saturated heterocycles. The van der Waals surface area contributed by atoms with Crippen LogP contribution in [0, 0.1) is 13.8 Å². The van der Waals surface area contributed by atoms with Gasteiger partial charge in [-0.1, -0.05) is 0 Å². The minimum atomic E-state index is -5.54. The fourth-order valence-electron chi connectivity index (χ4n) is 2.87. The van der Waals surface area contributed by atoms with E-state index in [4.69, 9.17) is 0 Å². The molecule has 12 nitrogen and oxygen atoms in total. The van der Waals surface area contributed by atoms with Crippen LogP contribution in [0.15, 0.2) is 40.7 Å². The average molecular weight is 660 g/mol. The summed E-state index contributed by atoms with van der Waals surface area (Å²) in [6.45, 7) is 2.41. The summed E-state index contributed by atoms with van der Waals surface area (Å²) in [5.74, 6) is 0. The van der Waals surface area contributed by atoms with Crippen LogP contribution in [0.25, 0.3) is 11.1 Å². The quantitative estimate of drug-likeness (QED) is 0.340. The van der Waals surface area contributed by atoms with Crippen LogP contribution in [0.4, 0.5) is 0 Å². The minimum absolute atomic E-state index is 0.102. The number of hydrogen-bond acceptors (Lipinski definition) is 8. The van der Waals surface area contributed by atoms with Crippen LogP contribution in [0.5, 0.6) is 0 Å². The van der Waals surface area contributed by atoms with Gasteiger partial charge in [0.25, 0.3) is 40.5 Å². The standard InChI is InChI=1S/C14H12Br2O12S4/c1-5-3-7(11(29(17,18)19)13(9(5)15)31(23,24)25)8-4-6(2)10(16)14(32(26,27)28)12(8)30(20,21)22/h3-4H,1-2H3,(H,17,18,19)(H,20,21,22)(H,23,24,25)(H,26,27,28). The van der Waals surface area contributed by atoms with Gasteiger partial charge in [-0.15, -0.1) is 0 Å². The van der Waals surface area contributed by atoms with E-state index in [1.807, 2.05) is 0 Å². The lowest BCUT2D eigenvalue weighted by Crippen LogP contribution is -2.15. The van der Waals surface area contributed by atoms with Crippen molar-refractivity contribution in [3.63, 3.8) is 0 Å². The van der Waals surface area contributed by atoms with Gasteiger partial charge in [-0.2, -0.15) is 33.7 Å². The molecule has 0 aromatic heterocycles. The van der Waals surface area contributed by atoms with Crippen molar-refractivity contribution in [3.8, 4) is 11.1 Å². The van der Waals surface area contributed by atoms with Gasteiger partial charge < -0.3 is 0 Å². The van der Waals surface area contributed by atoms with E-state index in [2.05, 4.69) is 31.9 Å². The van der Waals surface area contributed by atoms with Gasteiger partial charge in [-0.3, -0.25) is 18.2 Å². The van der Waals surface area contributed by atoms with Gasteiger partial charge in [-0.05, 0) is 69.0 Å². The van der Waals surface area contributed by atoms with Gasteiger partial charge in [0, 0.05) is 20.1 Å². The topological polar surface area (TPSA) is 217 Å². The normalized spacial score (nSPS) is 13.4. The van der Waals surface area contributed by atoms with Crippen LogP contribution in [0.3, 0.4) is 0 Å². The van der Waals surface area contributed by atoms with Crippen molar-refractivity contribution in [1.29, 1.82) is 0 Å². The summed E-state index contributed by atoms with van der Waals surface area (Å²) in [5.41, 5.74) is -2.02. The third-order valence-electron chi connectivity index (χ3n) is 4.04. The van der Waals surface area contributed by atoms with Crippen molar-refractivity contribution in [2.24, 2.45) is 0 Å². The molecule has 0 radical (unpaired) electrons. The van der Waals surface area contributed by atoms with E-state index in [1.165, 1.54) is 13.8 Å². The molecule has 0 aliphatic heterocycles. The van der Waals surface area contributed by atoms with Crippen LogP contribution in [-0.4, -0.2) is 51.9 Å². The fourth-order valence-corrected chi connectivity index (χ4v) is 9.27. The minimum Gasteiger partial charge on any atom is -0.282 e. The average Bonchev–Trinajstić information content (AvgIpc) is 2.54. The van der Waals surface area contributed by atoms with E-state index in [0.29, 0.717) is 0 Å². The van der Waals surface area contributed by atoms with Gasteiger partial charge in [-0.25, -0.2) is 0 Å². The summed E-state index contributed by atoms with van der Waals surface area (Å²) in [4.78, 5) is -5.76. The molecule has 0 spiro atoms. The Morgan fingerprint density at radius 1 is 0.531 bits per heavy atom. The van der Waals surface area contributed by atoms with Gasteiger partial charge in [0.1, 0.15) is 19.6 Å². The van der Waals surface area contributed by atoms with Gasteiger partial charge in [0.15, 0.2) is 0 Å². The summed E-state index contributed by atoms with van der Waals surface area (Å²) in [6, 6.07) is 1.71. The Balaban J connectivity index is 3.46. The molecule has 2 aromatic carbocycles. The number of aryl methyl sites for hydroxylation is 2. The molecule has 0 aliphatic rings. The highest BCUT2D eigenvalue weighted by atomic mass is 79.9. The molecule has 0 atom stereocenters. The Kier molecular flexibility index (Phi) is 7.13. The van der Waals surface area contributed by atoms with Crippen LogP contribution in [-0.2, 0) is 40.5 Å². The van der Waals surface area contributed by atoms with Crippen LogP contribution in [0.1, 0.15) is 11.1 Å². The van der Waals surface area contributed by atoms with Crippen molar-refractivity contribution in [1.82, 2.24) is 0 Å². The van der Waals surface area contributed by atoms with E-state index in [1.54, 1.807) is 0 Å². The molecule has 18 heteroatoms. The second-order valence-electron chi connectivity index (χ2n) is 6.33. The first-order valence-electron chi connectivity index (χ1n) is 7.66. The van der Waals surface area contributed by atoms with Crippen molar-refractivity contribution in [2.45, 2.75) is 33.4 Å². The molecule has 0 amide bonds. The molecule has 0 unspecified atom stereocenters. The predicted octanol–water partition coefficient (Wildman–Crippen LogP) is 2.48. The Morgan fingerprint density at radius 3 is 0.938 bits per heavy atom. The molecule has 0 saturated carbocycles. The second kappa shape index (κ2) is 8.36. The van der Waals surface area contributed by atoms with Crippen molar-refractivity contribution >= 4 is 72.3 Å². The number of halogens is 2. The summed E-state index contributed by atoms with van der Waals surface area (Å²) >= 11 is 5.54. The maximum absolute atomic E-state index is 12.1. The zero-order valence-corrected chi connectivity index (χ0v) is 22.0. The van der Waals surface area contributed by atoms with Crippen molar-refractivity contribution < 1.29 is 51.9 Å². The maximum atomic E-state index is 12.1. The van der Waals surface area contributed by atoms with Crippen LogP contribution in [0.2, 0.25) is 0 Å². The lowest BCUT2D eigenvalue weighted by atomic mass is 10.0. The lowest BCUT2D eigenvalue weighted by Gasteiger charge is -2.19. The first-order chi connectivity index (χ1) is 14.1. The molecule has 2 aromatic rings. The second-order valence-corrected chi connectivity index (χ2v) is 13.3. The monoisotopic (exact) mass is 658 g/mol. The zero-order chi connectivity index (χ0) is 25.2. The van der Waals surface area contributed by atoms with Gasteiger partial charge >= 0.3 is 0 Å². The largest absolute Gasteiger partial charge is 0.297 e. The highest BCUT2D eigenvalue weighted by molar-refractivity contribution is 9.10. The SMILES string of the molecule is Cc1cc(-c2cc(C)c(Br)c(S(=O)(=O)O)c2S(=O)(=O)O)c(S(=O)(=O)O)c(S(=O)(=O)O)c1Br. The first-order valence-corrected chi connectivity index (χ1v) is 15.0. The van der Waals surface area contributed by atoms with Gasteiger partial charge in [0.05, 0.1) is 0 Å². The van der Waals surface area contributed by atoms with E-state index in [-0.39, 0.29) is 11.1 Å². The molecule has 0 bridgehead atoms. The Bertz CT molecular complexity index is 1470. The number of benzene rings is 2. The third-order valence-corrected chi connectivity index (χ3v) is 10.6.